The van der Waals surface area contributed by atoms with Crippen LogP contribution in [0.4, 0.5) is 0 Å². The summed E-state index contributed by atoms with van der Waals surface area (Å²) in [6.07, 6.45) is 5.61. The molecule has 0 aliphatic heterocycles. The van der Waals surface area contributed by atoms with Crippen LogP contribution in [0.5, 0.6) is 0 Å². The summed E-state index contributed by atoms with van der Waals surface area (Å²) in [5, 5.41) is 21.7. The van der Waals surface area contributed by atoms with Gasteiger partial charge in [-0.1, -0.05) is 12.8 Å². The molecular weight excluding hydrogens is 190 g/mol. The van der Waals surface area contributed by atoms with Crippen LogP contribution >= 0.6 is 0 Å². The first-order valence-electron chi connectivity index (χ1n) is 6.23. The van der Waals surface area contributed by atoms with Gasteiger partial charge in [-0.05, 0) is 51.1 Å². The van der Waals surface area contributed by atoms with Crippen LogP contribution in [0.2, 0.25) is 0 Å². The molecule has 0 amide bonds. The lowest BCUT2D eigenvalue weighted by atomic mass is 9.79. The SMILES string of the molecule is CC(O)CCNCC1CCCCC1CO. The molecule has 0 saturated heterocycles. The number of aliphatic hydroxyl groups excluding tert-OH is 2. The van der Waals surface area contributed by atoms with E-state index in [-0.39, 0.29) is 6.10 Å². The lowest BCUT2D eigenvalue weighted by Crippen LogP contribution is -2.33. The zero-order valence-corrected chi connectivity index (χ0v) is 9.78. The molecule has 0 radical (unpaired) electrons. The third-order valence-corrected chi connectivity index (χ3v) is 3.45. The maximum absolute atomic E-state index is 9.24. The molecule has 3 atom stereocenters. The highest BCUT2D eigenvalue weighted by Crippen LogP contribution is 2.28. The molecule has 0 spiro atoms. The molecule has 0 aromatic rings. The van der Waals surface area contributed by atoms with Crippen molar-refractivity contribution < 1.29 is 10.2 Å². The van der Waals surface area contributed by atoms with Crippen LogP contribution in [0.25, 0.3) is 0 Å². The highest BCUT2D eigenvalue weighted by molar-refractivity contribution is 4.76. The van der Waals surface area contributed by atoms with Crippen molar-refractivity contribution in [3.63, 3.8) is 0 Å². The summed E-state index contributed by atoms with van der Waals surface area (Å²) in [5.41, 5.74) is 0. The molecule has 3 nitrogen and oxygen atoms in total. The molecule has 90 valence electrons. The summed E-state index contributed by atoms with van der Waals surface area (Å²) in [6, 6.07) is 0. The summed E-state index contributed by atoms with van der Waals surface area (Å²) in [5.74, 6) is 1.13. The molecule has 0 heterocycles. The lowest BCUT2D eigenvalue weighted by Gasteiger charge is -2.30. The summed E-state index contributed by atoms with van der Waals surface area (Å²) in [6.45, 7) is 4.03. The van der Waals surface area contributed by atoms with Gasteiger partial charge in [0.25, 0.3) is 0 Å². The van der Waals surface area contributed by atoms with Crippen molar-refractivity contribution in [2.75, 3.05) is 19.7 Å². The minimum atomic E-state index is -0.211. The van der Waals surface area contributed by atoms with Gasteiger partial charge in [0, 0.05) is 6.61 Å². The van der Waals surface area contributed by atoms with Gasteiger partial charge in [0.2, 0.25) is 0 Å². The monoisotopic (exact) mass is 215 g/mol. The van der Waals surface area contributed by atoms with E-state index < -0.39 is 0 Å². The number of hydrogen-bond donors (Lipinski definition) is 3. The van der Waals surface area contributed by atoms with E-state index in [9.17, 15) is 5.11 Å². The van der Waals surface area contributed by atoms with Crippen molar-refractivity contribution >= 4 is 0 Å². The fraction of sp³-hybridized carbons (Fsp3) is 1.00. The van der Waals surface area contributed by atoms with E-state index in [1.807, 2.05) is 6.92 Å². The molecule has 1 rings (SSSR count). The standard InChI is InChI=1S/C12H25NO2/c1-10(15)6-7-13-8-11-4-2-3-5-12(11)9-14/h10-15H,2-9H2,1H3. The van der Waals surface area contributed by atoms with Crippen molar-refractivity contribution in [2.45, 2.75) is 45.1 Å². The van der Waals surface area contributed by atoms with Crippen molar-refractivity contribution in [3.05, 3.63) is 0 Å². The Morgan fingerprint density at radius 3 is 2.53 bits per heavy atom. The Balaban J connectivity index is 2.12. The molecule has 1 saturated carbocycles. The molecule has 15 heavy (non-hydrogen) atoms. The zero-order valence-electron chi connectivity index (χ0n) is 9.78. The van der Waals surface area contributed by atoms with Crippen LogP contribution in [-0.2, 0) is 0 Å². The maximum atomic E-state index is 9.24. The van der Waals surface area contributed by atoms with Gasteiger partial charge in [-0.3, -0.25) is 0 Å². The predicted octanol–water partition coefficient (Wildman–Crippen LogP) is 1.15. The Kier molecular flexibility index (Phi) is 6.22. The molecule has 3 N–H and O–H groups in total. The second-order valence-corrected chi connectivity index (χ2v) is 4.83. The van der Waals surface area contributed by atoms with Gasteiger partial charge in [0.1, 0.15) is 0 Å². The Hall–Kier alpha value is -0.120. The number of nitrogens with one attached hydrogen (secondary N) is 1. The fourth-order valence-corrected chi connectivity index (χ4v) is 2.39. The molecule has 1 aliphatic rings. The lowest BCUT2D eigenvalue weighted by molar-refractivity contribution is 0.131. The highest BCUT2D eigenvalue weighted by Gasteiger charge is 2.23. The van der Waals surface area contributed by atoms with Crippen LogP contribution in [0, 0.1) is 11.8 Å². The smallest absolute Gasteiger partial charge is 0.0524 e. The predicted molar refractivity (Wildman–Crippen MR) is 61.7 cm³/mol. The summed E-state index contributed by atoms with van der Waals surface area (Å²) in [4.78, 5) is 0. The molecule has 0 aromatic heterocycles. The van der Waals surface area contributed by atoms with Crippen LogP contribution in [-0.4, -0.2) is 36.0 Å². The quantitative estimate of drug-likeness (QED) is 0.583. The normalized spacial score (nSPS) is 29.0. The summed E-state index contributed by atoms with van der Waals surface area (Å²) >= 11 is 0. The topological polar surface area (TPSA) is 52.5 Å². The van der Waals surface area contributed by atoms with Gasteiger partial charge in [0.15, 0.2) is 0 Å². The van der Waals surface area contributed by atoms with Gasteiger partial charge in [0.05, 0.1) is 6.10 Å². The van der Waals surface area contributed by atoms with Crippen LogP contribution in [0.3, 0.4) is 0 Å². The van der Waals surface area contributed by atoms with Gasteiger partial charge in [-0.25, -0.2) is 0 Å². The van der Waals surface area contributed by atoms with Crippen molar-refractivity contribution in [1.82, 2.24) is 5.32 Å². The van der Waals surface area contributed by atoms with Gasteiger partial charge < -0.3 is 15.5 Å². The van der Waals surface area contributed by atoms with E-state index >= 15 is 0 Å². The number of rotatable bonds is 6. The van der Waals surface area contributed by atoms with E-state index in [4.69, 9.17) is 5.11 Å². The molecule has 3 heteroatoms. The number of aliphatic hydroxyl groups is 2. The second kappa shape index (κ2) is 7.20. The minimum absolute atomic E-state index is 0.211. The maximum Gasteiger partial charge on any atom is 0.0524 e. The minimum Gasteiger partial charge on any atom is -0.396 e. The average molecular weight is 215 g/mol. The second-order valence-electron chi connectivity index (χ2n) is 4.83. The Morgan fingerprint density at radius 2 is 1.93 bits per heavy atom. The summed E-state index contributed by atoms with van der Waals surface area (Å²) < 4.78 is 0. The van der Waals surface area contributed by atoms with E-state index in [1.165, 1.54) is 25.7 Å². The van der Waals surface area contributed by atoms with Crippen LogP contribution < -0.4 is 5.32 Å². The van der Waals surface area contributed by atoms with Crippen molar-refractivity contribution in [3.8, 4) is 0 Å². The fourth-order valence-electron chi connectivity index (χ4n) is 2.39. The average Bonchev–Trinajstić information content (AvgIpc) is 2.24. The largest absolute Gasteiger partial charge is 0.396 e. The third-order valence-electron chi connectivity index (χ3n) is 3.45. The molecule has 1 fully saturated rings. The third kappa shape index (κ3) is 4.96. The van der Waals surface area contributed by atoms with Gasteiger partial charge >= 0.3 is 0 Å². The molecule has 0 bridgehead atoms. The van der Waals surface area contributed by atoms with E-state index in [0.29, 0.717) is 18.4 Å². The molecule has 0 aromatic carbocycles. The first-order valence-corrected chi connectivity index (χ1v) is 6.23. The Labute approximate surface area is 92.9 Å². The van der Waals surface area contributed by atoms with Crippen molar-refractivity contribution in [1.29, 1.82) is 0 Å². The van der Waals surface area contributed by atoms with E-state index in [0.717, 1.165) is 19.5 Å². The Bertz CT molecular complexity index is 162. The van der Waals surface area contributed by atoms with Gasteiger partial charge in [-0.15, -0.1) is 0 Å². The number of hydrogen-bond acceptors (Lipinski definition) is 3. The molecular formula is C12H25NO2. The first kappa shape index (κ1) is 12.9. The summed E-state index contributed by atoms with van der Waals surface area (Å²) in [7, 11) is 0. The molecule has 1 aliphatic carbocycles. The van der Waals surface area contributed by atoms with Crippen molar-refractivity contribution in [2.24, 2.45) is 11.8 Å². The first-order chi connectivity index (χ1) is 7.24. The highest BCUT2D eigenvalue weighted by atomic mass is 16.3. The Morgan fingerprint density at radius 1 is 1.27 bits per heavy atom. The van der Waals surface area contributed by atoms with Crippen LogP contribution in [0.15, 0.2) is 0 Å². The molecule has 3 unspecified atom stereocenters. The van der Waals surface area contributed by atoms with E-state index in [1.54, 1.807) is 0 Å². The van der Waals surface area contributed by atoms with Gasteiger partial charge in [-0.2, -0.15) is 0 Å². The zero-order chi connectivity index (χ0) is 11.1. The van der Waals surface area contributed by atoms with Crippen LogP contribution in [0.1, 0.15) is 39.0 Å². The van der Waals surface area contributed by atoms with E-state index in [2.05, 4.69) is 5.32 Å².